The second kappa shape index (κ2) is 11.1. The molecule has 1 fully saturated rings. The van der Waals surface area contributed by atoms with Gasteiger partial charge in [0.25, 0.3) is 0 Å². The van der Waals surface area contributed by atoms with Gasteiger partial charge in [-0.2, -0.15) is 22.0 Å². The molecule has 0 bridgehead atoms. The van der Waals surface area contributed by atoms with E-state index in [1.165, 1.54) is 12.1 Å². The van der Waals surface area contributed by atoms with Crippen molar-refractivity contribution in [2.75, 3.05) is 13.2 Å². The SMILES string of the molecule is CCCC1COC(c2ccc(-c3ccc(C(F)(F)Oc4cc(F)c(C(F)(F)F)c(F)c4)cc3)c(F)c2F)OC1. The summed E-state index contributed by atoms with van der Waals surface area (Å²) in [5, 5.41) is 0. The second-order valence-electron chi connectivity index (χ2n) is 8.94. The molecule has 0 radical (unpaired) electrons. The third kappa shape index (κ3) is 6.17. The number of ether oxygens (including phenoxy) is 3. The predicted octanol–water partition coefficient (Wildman–Crippen LogP) is 8.52. The van der Waals surface area contributed by atoms with Gasteiger partial charge in [-0.05, 0) is 24.1 Å². The number of rotatable bonds is 7. The molecule has 1 aliphatic rings. The lowest BCUT2D eigenvalue weighted by atomic mass is 10.00. The molecule has 4 rings (SSSR count). The Labute approximate surface area is 217 Å². The normalized spacial score (nSPS) is 18.3. The predicted molar refractivity (Wildman–Crippen MR) is 121 cm³/mol. The fourth-order valence-electron chi connectivity index (χ4n) is 4.20. The zero-order chi connectivity index (χ0) is 28.5. The van der Waals surface area contributed by atoms with Crippen molar-refractivity contribution in [3.8, 4) is 16.9 Å². The third-order valence-corrected chi connectivity index (χ3v) is 6.11. The molecule has 0 unspecified atom stereocenters. The van der Waals surface area contributed by atoms with Gasteiger partial charge >= 0.3 is 12.3 Å². The van der Waals surface area contributed by atoms with Gasteiger partial charge < -0.3 is 14.2 Å². The molecule has 1 heterocycles. The highest BCUT2D eigenvalue weighted by molar-refractivity contribution is 5.65. The van der Waals surface area contributed by atoms with Crippen LogP contribution in [0.1, 0.15) is 42.7 Å². The van der Waals surface area contributed by atoms with E-state index in [0.29, 0.717) is 13.2 Å². The smallest absolute Gasteiger partial charge is 0.426 e. The van der Waals surface area contributed by atoms with Crippen molar-refractivity contribution in [3.63, 3.8) is 0 Å². The lowest BCUT2D eigenvalue weighted by Gasteiger charge is -2.29. The molecular weight excluding hydrogens is 543 g/mol. The monoisotopic (exact) mass is 564 g/mol. The number of halogens is 9. The van der Waals surface area contributed by atoms with Crippen LogP contribution in [-0.4, -0.2) is 13.2 Å². The topological polar surface area (TPSA) is 27.7 Å². The molecule has 1 saturated heterocycles. The molecule has 0 aliphatic carbocycles. The Hall–Kier alpha value is -3.25. The first-order valence-corrected chi connectivity index (χ1v) is 11.8. The van der Waals surface area contributed by atoms with Crippen LogP contribution in [-0.2, 0) is 21.8 Å². The van der Waals surface area contributed by atoms with Crippen molar-refractivity contribution >= 4 is 0 Å². The van der Waals surface area contributed by atoms with Gasteiger partial charge in [0.15, 0.2) is 17.9 Å². The molecule has 210 valence electrons. The van der Waals surface area contributed by atoms with E-state index < -0.39 is 58.7 Å². The summed E-state index contributed by atoms with van der Waals surface area (Å²) in [6, 6.07) is 6.10. The van der Waals surface area contributed by atoms with E-state index in [9.17, 15) is 39.5 Å². The van der Waals surface area contributed by atoms with Gasteiger partial charge in [-0.25, -0.2) is 17.6 Å². The van der Waals surface area contributed by atoms with Gasteiger partial charge in [0.2, 0.25) is 0 Å². The van der Waals surface area contributed by atoms with Crippen LogP contribution in [0.2, 0.25) is 0 Å². The van der Waals surface area contributed by atoms with Crippen LogP contribution in [0.4, 0.5) is 39.5 Å². The van der Waals surface area contributed by atoms with Crippen LogP contribution in [0.25, 0.3) is 11.1 Å². The summed E-state index contributed by atoms with van der Waals surface area (Å²) in [6.45, 7) is 2.65. The lowest BCUT2D eigenvalue weighted by molar-refractivity contribution is -0.207. The Morgan fingerprint density at radius 3 is 1.95 bits per heavy atom. The minimum atomic E-state index is -5.38. The molecule has 0 spiro atoms. The highest BCUT2D eigenvalue weighted by Crippen LogP contribution is 2.39. The third-order valence-electron chi connectivity index (χ3n) is 6.11. The van der Waals surface area contributed by atoms with Gasteiger partial charge in [0.05, 0.1) is 18.8 Å². The summed E-state index contributed by atoms with van der Waals surface area (Å²) in [5.41, 5.74) is -3.50. The molecule has 3 aromatic carbocycles. The first kappa shape index (κ1) is 28.8. The van der Waals surface area contributed by atoms with Crippen LogP contribution < -0.4 is 4.74 Å². The molecule has 39 heavy (non-hydrogen) atoms. The van der Waals surface area contributed by atoms with E-state index >= 15 is 0 Å². The molecule has 0 atom stereocenters. The number of alkyl halides is 5. The average molecular weight is 564 g/mol. The van der Waals surface area contributed by atoms with Crippen LogP contribution in [0.5, 0.6) is 5.75 Å². The van der Waals surface area contributed by atoms with E-state index in [1.54, 1.807) is 0 Å². The first-order valence-electron chi connectivity index (χ1n) is 11.8. The highest BCUT2D eigenvalue weighted by atomic mass is 19.4. The molecule has 3 aromatic rings. The molecule has 0 aromatic heterocycles. The number of hydrogen-bond acceptors (Lipinski definition) is 3. The Bertz CT molecular complexity index is 1290. The summed E-state index contributed by atoms with van der Waals surface area (Å²) in [4.78, 5) is 0. The van der Waals surface area contributed by atoms with Gasteiger partial charge in [-0.3, -0.25) is 0 Å². The van der Waals surface area contributed by atoms with E-state index in [2.05, 4.69) is 4.74 Å². The Morgan fingerprint density at radius 2 is 1.41 bits per heavy atom. The van der Waals surface area contributed by atoms with Crippen LogP contribution in [0.15, 0.2) is 48.5 Å². The second-order valence-corrected chi connectivity index (χ2v) is 8.94. The van der Waals surface area contributed by atoms with E-state index in [1.807, 2.05) is 6.92 Å². The van der Waals surface area contributed by atoms with Gasteiger partial charge in [0.1, 0.15) is 22.9 Å². The average Bonchev–Trinajstić information content (AvgIpc) is 2.85. The number of hydrogen-bond donors (Lipinski definition) is 0. The van der Waals surface area contributed by atoms with Gasteiger partial charge in [-0.15, -0.1) is 0 Å². The molecular formula is C27H21F9O3. The quantitative estimate of drug-likeness (QED) is 0.269. The summed E-state index contributed by atoms with van der Waals surface area (Å²) >= 11 is 0. The molecule has 3 nitrogen and oxygen atoms in total. The van der Waals surface area contributed by atoms with Crippen LogP contribution in [0, 0.1) is 29.2 Å². The van der Waals surface area contributed by atoms with E-state index in [0.717, 1.165) is 37.1 Å². The van der Waals surface area contributed by atoms with Crippen LogP contribution in [0.3, 0.4) is 0 Å². The maximum Gasteiger partial charge on any atom is 0.426 e. The standard InChI is InChI=1S/C27H21F9O3/c1-2-3-14-12-37-25(38-13-14)19-9-8-18(23(30)24(19)31)15-4-6-16(7-5-15)27(35,36)39-17-10-20(28)22(21(29)11-17)26(32,33)34/h4-11,14,25H,2-3,12-13H2,1H3. The fourth-order valence-corrected chi connectivity index (χ4v) is 4.20. The molecule has 1 aliphatic heterocycles. The van der Waals surface area contributed by atoms with Crippen molar-refractivity contribution < 1.29 is 53.7 Å². The summed E-state index contributed by atoms with van der Waals surface area (Å²) in [7, 11) is 0. The van der Waals surface area contributed by atoms with E-state index in [-0.39, 0.29) is 34.7 Å². The zero-order valence-electron chi connectivity index (χ0n) is 20.2. The van der Waals surface area contributed by atoms with Gasteiger partial charge in [0, 0.05) is 29.2 Å². The molecule has 0 amide bonds. The molecule has 12 heteroatoms. The van der Waals surface area contributed by atoms with E-state index in [4.69, 9.17) is 9.47 Å². The van der Waals surface area contributed by atoms with Crippen LogP contribution >= 0.6 is 0 Å². The van der Waals surface area contributed by atoms with Crippen molar-refractivity contribution in [3.05, 3.63) is 88.5 Å². The summed E-state index contributed by atoms with van der Waals surface area (Å²) in [5.74, 6) is -7.79. The lowest BCUT2D eigenvalue weighted by Crippen LogP contribution is -2.27. The van der Waals surface area contributed by atoms with Crippen molar-refractivity contribution in [1.82, 2.24) is 0 Å². The summed E-state index contributed by atoms with van der Waals surface area (Å²) in [6.07, 6.45) is -8.94. The largest absolute Gasteiger partial charge is 0.429 e. The van der Waals surface area contributed by atoms with Crippen molar-refractivity contribution in [2.24, 2.45) is 5.92 Å². The highest BCUT2D eigenvalue weighted by Gasteiger charge is 2.40. The zero-order valence-corrected chi connectivity index (χ0v) is 20.2. The molecule has 0 N–H and O–H groups in total. The Balaban J connectivity index is 1.52. The van der Waals surface area contributed by atoms with Gasteiger partial charge in [-0.1, -0.05) is 37.6 Å². The summed E-state index contributed by atoms with van der Waals surface area (Å²) < 4.78 is 140. The minimum absolute atomic E-state index is 0.0117. The van der Waals surface area contributed by atoms with Crippen molar-refractivity contribution in [2.45, 2.75) is 38.3 Å². The Morgan fingerprint density at radius 1 is 0.821 bits per heavy atom. The fraction of sp³-hybridized carbons (Fsp3) is 0.333. The molecule has 0 saturated carbocycles. The first-order chi connectivity index (χ1) is 18.3. The Kier molecular flexibility index (Phi) is 8.17. The maximum atomic E-state index is 14.9. The number of benzene rings is 3. The maximum absolute atomic E-state index is 14.9. The minimum Gasteiger partial charge on any atom is -0.429 e. The van der Waals surface area contributed by atoms with Crippen molar-refractivity contribution in [1.29, 1.82) is 0 Å².